The fraction of sp³-hybridized carbons (Fsp3) is 0.414. The number of methoxy groups -OCH3 is 2. The lowest BCUT2D eigenvalue weighted by Crippen LogP contribution is -2.31. The molecule has 0 spiro atoms. The molecule has 1 aliphatic heterocycles. The molecule has 36 heavy (non-hydrogen) atoms. The number of ether oxygens (including phenoxy) is 2. The van der Waals surface area contributed by atoms with Crippen LogP contribution in [-0.2, 0) is 22.6 Å². The first-order valence-electron chi connectivity index (χ1n) is 12.6. The Hall–Kier alpha value is -2.87. The van der Waals surface area contributed by atoms with E-state index >= 15 is 0 Å². The number of hydrogen-bond donors (Lipinski definition) is 2. The van der Waals surface area contributed by atoms with Crippen LogP contribution in [0.25, 0.3) is 11.3 Å². The largest absolute Gasteiger partial charge is 0.499 e. The van der Waals surface area contributed by atoms with Gasteiger partial charge < -0.3 is 25.0 Å². The van der Waals surface area contributed by atoms with E-state index in [1.807, 2.05) is 19.3 Å². The fourth-order valence-corrected chi connectivity index (χ4v) is 5.92. The molecule has 2 heterocycles. The van der Waals surface area contributed by atoms with E-state index < -0.39 is 0 Å². The van der Waals surface area contributed by atoms with Gasteiger partial charge in [-0.25, -0.2) is 4.99 Å². The molecule has 2 atom stereocenters. The van der Waals surface area contributed by atoms with Crippen molar-refractivity contribution in [1.29, 1.82) is 0 Å². The smallest absolute Gasteiger partial charge is 0.125 e. The first-order valence-corrected chi connectivity index (χ1v) is 13.4. The van der Waals surface area contributed by atoms with Crippen molar-refractivity contribution < 1.29 is 9.47 Å². The monoisotopic (exact) mass is 506 g/mol. The van der Waals surface area contributed by atoms with E-state index in [1.165, 1.54) is 22.4 Å². The zero-order valence-corrected chi connectivity index (χ0v) is 22.7. The minimum absolute atomic E-state index is 0.467. The van der Waals surface area contributed by atoms with Gasteiger partial charge in [0.25, 0.3) is 0 Å². The molecular formula is C29H38N4O2S. The maximum atomic E-state index is 5.38. The van der Waals surface area contributed by atoms with Crippen LogP contribution in [0.15, 0.2) is 59.9 Å². The minimum Gasteiger partial charge on any atom is -0.499 e. The normalized spacial score (nSPS) is 19.7. The summed E-state index contributed by atoms with van der Waals surface area (Å²) in [4.78, 5) is 8.10. The molecule has 0 amide bonds. The maximum Gasteiger partial charge on any atom is 0.125 e. The molecule has 0 saturated heterocycles. The Bertz CT molecular complexity index is 1130. The molecule has 2 aliphatic rings. The number of dihydropyridines is 1. The van der Waals surface area contributed by atoms with Crippen molar-refractivity contribution in [2.24, 2.45) is 4.99 Å². The van der Waals surface area contributed by atoms with Crippen molar-refractivity contribution in [3.05, 3.63) is 76.5 Å². The second-order valence-corrected chi connectivity index (χ2v) is 10.5. The van der Waals surface area contributed by atoms with Crippen molar-refractivity contribution in [1.82, 2.24) is 15.5 Å². The van der Waals surface area contributed by atoms with E-state index in [0.29, 0.717) is 18.7 Å². The lowest BCUT2D eigenvalue weighted by Gasteiger charge is -2.29. The highest BCUT2D eigenvalue weighted by molar-refractivity contribution is 7.16. The van der Waals surface area contributed by atoms with Crippen LogP contribution in [0.1, 0.15) is 47.8 Å². The number of nitrogens with zero attached hydrogens (tertiary/aromatic N) is 2. The number of rotatable bonds is 11. The molecule has 2 aromatic rings. The number of nitrogens with one attached hydrogen (secondary N) is 2. The van der Waals surface area contributed by atoms with Gasteiger partial charge in [0, 0.05) is 66.9 Å². The topological polar surface area (TPSA) is 58.1 Å². The van der Waals surface area contributed by atoms with E-state index in [-0.39, 0.29) is 0 Å². The zero-order valence-electron chi connectivity index (χ0n) is 21.8. The number of hydrogen-bond acceptors (Lipinski definition) is 7. The van der Waals surface area contributed by atoms with Crippen LogP contribution in [0, 0.1) is 0 Å². The van der Waals surface area contributed by atoms with E-state index in [9.17, 15) is 0 Å². The molecular weight excluding hydrogens is 468 g/mol. The Morgan fingerprint density at radius 3 is 2.81 bits per heavy atom. The van der Waals surface area contributed by atoms with Gasteiger partial charge in [0.05, 0.1) is 20.3 Å². The van der Waals surface area contributed by atoms with Gasteiger partial charge in [0.15, 0.2) is 0 Å². The van der Waals surface area contributed by atoms with Crippen molar-refractivity contribution in [2.45, 2.75) is 51.4 Å². The molecule has 2 unspecified atom stereocenters. The predicted octanol–water partition coefficient (Wildman–Crippen LogP) is 5.70. The number of benzene rings is 1. The van der Waals surface area contributed by atoms with Crippen LogP contribution in [0.3, 0.4) is 0 Å². The molecule has 6 nitrogen and oxygen atoms in total. The summed E-state index contributed by atoms with van der Waals surface area (Å²) < 4.78 is 10.7. The van der Waals surface area contributed by atoms with Gasteiger partial charge in [0.1, 0.15) is 10.8 Å². The van der Waals surface area contributed by atoms with Gasteiger partial charge >= 0.3 is 0 Å². The van der Waals surface area contributed by atoms with Gasteiger partial charge in [0.2, 0.25) is 0 Å². The molecule has 7 heteroatoms. The first kappa shape index (κ1) is 26.2. The molecule has 4 rings (SSSR count). The third-order valence-corrected chi connectivity index (χ3v) is 8.00. The van der Waals surface area contributed by atoms with Gasteiger partial charge in [-0.05, 0) is 49.5 Å². The van der Waals surface area contributed by atoms with Crippen LogP contribution in [0.4, 0.5) is 5.00 Å². The summed E-state index contributed by atoms with van der Waals surface area (Å²) in [7, 11) is 5.61. The molecule has 0 radical (unpaired) electrons. The maximum absolute atomic E-state index is 5.38. The highest BCUT2D eigenvalue weighted by Crippen LogP contribution is 2.38. The second kappa shape index (κ2) is 12.4. The predicted molar refractivity (Wildman–Crippen MR) is 151 cm³/mol. The summed E-state index contributed by atoms with van der Waals surface area (Å²) in [5, 5.41) is 8.05. The molecule has 1 aromatic carbocycles. The third-order valence-electron chi connectivity index (χ3n) is 6.98. The van der Waals surface area contributed by atoms with E-state index in [2.05, 4.69) is 70.6 Å². The van der Waals surface area contributed by atoms with E-state index in [1.54, 1.807) is 25.6 Å². The quantitative estimate of drug-likeness (QED) is 0.383. The van der Waals surface area contributed by atoms with Crippen LogP contribution in [0.5, 0.6) is 0 Å². The first-order chi connectivity index (χ1) is 17.5. The molecule has 1 fully saturated rings. The third kappa shape index (κ3) is 6.27. The molecule has 1 aromatic heterocycles. The van der Waals surface area contributed by atoms with Gasteiger partial charge in [-0.15, -0.1) is 11.3 Å². The van der Waals surface area contributed by atoms with Crippen LogP contribution in [0.2, 0.25) is 0 Å². The Morgan fingerprint density at radius 1 is 1.28 bits per heavy atom. The van der Waals surface area contributed by atoms with Gasteiger partial charge in [-0.3, -0.25) is 0 Å². The Kier molecular flexibility index (Phi) is 9.02. The van der Waals surface area contributed by atoms with Crippen LogP contribution in [-0.4, -0.2) is 51.0 Å². The highest BCUT2D eigenvalue weighted by atomic mass is 32.1. The number of aliphatic imine (C=N–C) groups is 1. The standard InChI is InChI=1S/C29H38N4O2S/c1-6-31-29-28(15-27(36-29)19-34-4)20(2)33(3)25-12-11-24(14-25)32-16-21-7-9-22(10-8-21)23-13-26(35-5)18-30-17-23/h6-10,13,15,17,24-25,30,32H,2,11-12,14,16,18-19H2,1,3-5H3/b31-6-. The van der Waals surface area contributed by atoms with Crippen molar-refractivity contribution in [3.63, 3.8) is 0 Å². The molecule has 1 aliphatic carbocycles. The van der Waals surface area contributed by atoms with Crippen molar-refractivity contribution in [3.8, 4) is 0 Å². The fourth-order valence-electron chi connectivity index (χ4n) is 4.87. The Labute approximate surface area is 219 Å². The summed E-state index contributed by atoms with van der Waals surface area (Å²) in [6.45, 7) is 8.60. The van der Waals surface area contributed by atoms with Crippen LogP contribution < -0.4 is 10.6 Å². The SMILES string of the molecule is C=C(c1cc(COC)sc1/N=C\C)N(C)C1CCC(NCc2ccc(C3=CNCC(OC)=C3)cc2)C1. The van der Waals surface area contributed by atoms with Gasteiger partial charge in [-0.1, -0.05) is 30.8 Å². The van der Waals surface area contributed by atoms with Crippen LogP contribution >= 0.6 is 11.3 Å². The van der Waals surface area contributed by atoms with Crippen molar-refractivity contribution in [2.75, 3.05) is 27.8 Å². The Morgan fingerprint density at radius 2 is 2.08 bits per heavy atom. The molecule has 2 N–H and O–H groups in total. The summed E-state index contributed by atoms with van der Waals surface area (Å²) in [6.07, 6.45) is 9.42. The number of allylic oxidation sites excluding steroid dienone is 2. The number of thiophene rings is 1. The molecule has 192 valence electrons. The summed E-state index contributed by atoms with van der Waals surface area (Å²) in [5.41, 5.74) is 5.78. The van der Waals surface area contributed by atoms with E-state index in [4.69, 9.17) is 9.47 Å². The van der Waals surface area contributed by atoms with Crippen molar-refractivity contribution >= 4 is 33.8 Å². The lowest BCUT2D eigenvalue weighted by molar-refractivity contribution is 0.187. The summed E-state index contributed by atoms with van der Waals surface area (Å²) >= 11 is 1.68. The van der Waals surface area contributed by atoms with E-state index in [0.717, 1.165) is 53.5 Å². The van der Waals surface area contributed by atoms with Gasteiger partial charge in [-0.2, -0.15) is 0 Å². The highest BCUT2D eigenvalue weighted by Gasteiger charge is 2.29. The average molecular weight is 507 g/mol. The molecule has 0 bridgehead atoms. The minimum atomic E-state index is 0.467. The molecule has 1 saturated carbocycles. The zero-order chi connectivity index (χ0) is 25.5. The summed E-state index contributed by atoms with van der Waals surface area (Å²) in [5.74, 6) is 0.949. The summed E-state index contributed by atoms with van der Waals surface area (Å²) in [6, 6.07) is 11.9. The second-order valence-electron chi connectivity index (χ2n) is 9.35. The lowest BCUT2D eigenvalue weighted by atomic mass is 10.0. The average Bonchev–Trinajstić information content (AvgIpc) is 3.55. The Balaban J connectivity index is 1.31.